The third kappa shape index (κ3) is 2.23. The quantitative estimate of drug-likeness (QED) is 0.772. The maximum atomic E-state index is 10.9. The van der Waals surface area contributed by atoms with E-state index in [-0.39, 0.29) is 11.3 Å². The highest BCUT2D eigenvalue weighted by molar-refractivity contribution is 9.26. The van der Waals surface area contributed by atoms with Gasteiger partial charge in [0.1, 0.15) is 0 Å². The zero-order valence-corrected chi connectivity index (χ0v) is 12.3. The molecule has 0 aromatic rings. The van der Waals surface area contributed by atoms with Gasteiger partial charge in [0.15, 0.2) is 2.69 Å². The predicted octanol–water partition coefficient (Wildman–Crippen LogP) is 3.63. The van der Waals surface area contributed by atoms with Crippen LogP contribution in [0.3, 0.4) is 0 Å². The van der Waals surface area contributed by atoms with Crippen LogP contribution in [0.5, 0.6) is 0 Å². The molecule has 1 saturated carbocycles. The lowest BCUT2D eigenvalue weighted by molar-refractivity contribution is -0.139. The smallest absolute Gasteiger partial charge is 0.307 e. The number of carboxylic acids is 1. The minimum absolute atomic E-state index is 0.127. The third-order valence-corrected chi connectivity index (χ3v) is 5.26. The Bertz CT molecular complexity index is 263. The first kappa shape index (κ1) is 13.1. The Morgan fingerprint density at radius 3 is 2.21 bits per heavy atom. The van der Waals surface area contributed by atoms with Gasteiger partial charge in [0.05, 0.1) is 11.3 Å². The molecule has 1 fully saturated rings. The molecule has 6 heteroatoms. The van der Waals surface area contributed by atoms with Crippen molar-refractivity contribution in [3.63, 3.8) is 0 Å². The monoisotopic (exact) mass is 366 g/mol. The number of aliphatic carboxylic acids is 1. The van der Waals surface area contributed by atoms with E-state index in [9.17, 15) is 4.79 Å². The highest BCUT2D eigenvalue weighted by atomic mass is 79.9. The number of hydrogen-bond acceptors (Lipinski definition) is 1. The third-order valence-electron chi connectivity index (χ3n) is 2.80. The van der Waals surface area contributed by atoms with Crippen molar-refractivity contribution in [3.8, 4) is 0 Å². The standard InChI is InChI=1S/C8H10Br2Cl2O2/c1-7(2)3(4(7)6(13)14)5(11)8(9,10)12/h3-5H,1-2H3,(H,13,14)/t3-,4-,5?/m0/s1. The Kier molecular flexibility index (Phi) is 3.54. The molecule has 82 valence electrons. The van der Waals surface area contributed by atoms with E-state index in [1.54, 1.807) is 0 Å². The molecule has 0 aromatic heterocycles. The minimum atomic E-state index is -0.937. The lowest BCUT2D eigenvalue weighted by Crippen LogP contribution is -2.23. The summed E-state index contributed by atoms with van der Waals surface area (Å²) in [7, 11) is 0. The highest BCUT2D eigenvalue weighted by Crippen LogP contribution is 2.64. The van der Waals surface area contributed by atoms with Gasteiger partial charge in [-0.15, -0.1) is 11.6 Å². The van der Waals surface area contributed by atoms with Gasteiger partial charge in [-0.2, -0.15) is 0 Å². The van der Waals surface area contributed by atoms with Crippen LogP contribution in [0.1, 0.15) is 13.8 Å². The number of rotatable bonds is 3. The molecule has 0 aliphatic heterocycles. The molecule has 1 unspecified atom stereocenters. The molecular weight excluding hydrogens is 359 g/mol. The largest absolute Gasteiger partial charge is 0.481 e. The maximum Gasteiger partial charge on any atom is 0.307 e. The second-order valence-corrected chi connectivity index (χ2v) is 9.65. The fourth-order valence-corrected chi connectivity index (χ4v) is 3.07. The molecule has 0 saturated heterocycles. The maximum absolute atomic E-state index is 10.9. The van der Waals surface area contributed by atoms with Gasteiger partial charge in [-0.3, -0.25) is 4.79 Å². The molecule has 0 amide bonds. The Hall–Kier alpha value is 1.01. The Labute approximate surface area is 110 Å². The topological polar surface area (TPSA) is 37.3 Å². The van der Waals surface area contributed by atoms with Crippen LogP contribution < -0.4 is 0 Å². The van der Waals surface area contributed by atoms with Gasteiger partial charge in [-0.25, -0.2) is 0 Å². The summed E-state index contributed by atoms with van der Waals surface area (Å²) in [5.41, 5.74) is -0.292. The van der Waals surface area contributed by atoms with Gasteiger partial charge in [0.25, 0.3) is 0 Å². The van der Waals surface area contributed by atoms with Crippen molar-refractivity contribution in [1.82, 2.24) is 0 Å². The van der Waals surface area contributed by atoms with Gasteiger partial charge in [-0.05, 0) is 11.3 Å². The molecule has 14 heavy (non-hydrogen) atoms. The SMILES string of the molecule is CC1(C)[C@H](C(=O)O)[C@H]1C(Cl)C(Cl)(Br)Br. The van der Waals surface area contributed by atoms with Crippen LogP contribution in [-0.2, 0) is 4.79 Å². The molecule has 0 bridgehead atoms. The molecule has 1 aliphatic carbocycles. The zero-order valence-electron chi connectivity index (χ0n) is 7.60. The fraction of sp³-hybridized carbons (Fsp3) is 0.875. The van der Waals surface area contributed by atoms with Crippen LogP contribution in [0.4, 0.5) is 0 Å². The second kappa shape index (κ2) is 3.79. The van der Waals surface area contributed by atoms with Crippen LogP contribution in [0.2, 0.25) is 0 Å². The molecule has 0 aromatic carbocycles. The van der Waals surface area contributed by atoms with Crippen LogP contribution in [0.15, 0.2) is 0 Å². The molecule has 2 nitrogen and oxygen atoms in total. The molecule has 0 radical (unpaired) electrons. The first-order valence-electron chi connectivity index (χ1n) is 4.03. The van der Waals surface area contributed by atoms with E-state index in [2.05, 4.69) is 31.9 Å². The van der Waals surface area contributed by atoms with Crippen molar-refractivity contribution >= 4 is 61.0 Å². The van der Waals surface area contributed by atoms with Crippen molar-refractivity contribution in [3.05, 3.63) is 0 Å². The summed E-state index contributed by atoms with van der Waals surface area (Å²) in [6.07, 6.45) is 0. The summed E-state index contributed by atoms with van der Waals surface area (Å²) in [5, 5.41) is 8.47. The summed E-state index contributed by atoms with van der Waals surface area (Å²) >= 11 is 18.4. The van der Waals surface area contributed by atoms with E-state index >= 15 is 0 Å². The number of carbonyl (C=O) groups is 1. The highest BCUT2D eigenvalue weighted by Gasteiger charge is 2.67. The van der Waals surface area contributed by atoms with Crippen LogP contribution >= 0.6 is 55.1 Å². The van der Waals surface area contributed by atoms with Crippen molar-refractivity contribution in [1.29, 1.82) is 0 Å². The normalized spacial score (nSPS) is 32.4. The number of halogens is 4. The van der Waals surface area contributed by atoms with Crippen molar-refractivity contribution in [2.45, 2.75) is 21.9 Å². The molecule has 0 spiro atoms. The van der Waals surface area contributed by atoms with Crippen LogP contribution in [-0.4, -0.2) is 19.1 Å². The van der Waals surface area contributed by atoms with Crippen LogP contribution in [0, 0.1) is 17.3 Å². The zero-order chi connectivity index (χ0) is 11.3. The first-order valence-corrected chi connectivity index (χ1v) is 6.43. The van der Waals surface area contributed by atoms with Crippen molar-refractivity contribution in [2.24, 2.45) is 17.3 Å². The second-order valence-electron chi connectivity index (χ2n) is 4.11. The number of carboxylic acid groups (broad SMARTS) is 1. The van der Waals surface area contributed by atoms with E-state index in [0.29, 0.717) is 0 Å². The lowest BCUT2D eigenvalue weighted by atomic mass is 10.1. The first-order chi connectivity index (χ1) is 6.10. The van der Waals surface area contributed by atoms with E-state index in [1.165, 1.54) is 0 Å². The summed E-state index contributed by atoms with van der Waals surface area (Å²) in [4.78, 5) is 10.9. The van der Waals surface area contributed by atoms with Gasteiger partial charge in [0.2, 0.25) is 0 Å². The van der Waals surface area contributed by atoms with E-state index in [4.69, 9.17) is 28.3 Å². The van der Waals surface area contributed by atoms with Crippen molar-refractivity contribution < 1.29 is 9.90 Å². The summed E-state index contributed by atoms with van der Waals surface area (Å²) in [5.74, 6) is -1.36. The Morgan fingerprint density at radius 1 is 1.57 bits per heavy atom. The molecule has 3 atom stereocenters. The predicted molar refractivity (Wildman–Crippen MR) is 64.5 cm³/mol. The summed E-state index contributed by atoms with van der Waals surface area (Å²) in [6.45, 7) is 3.77. The van der Waals surface area contributed by atoms with Crippen LogP contribution in [0.25, 0.3) is 0 Å². The summed E-state index contributed by atoms with van der Waals surface area (Å²) < 4.78 is -0.937. The fourth-order valence-electron chi connectivity index (χ4n) is 1.90. The van der Waals surface area contributed by atoms with Gasteiger partial charge in [-0.1, -0.05) is 57.3 Å². The molecule has 0 heterocycles. The molecule has 1 aliphatic rings. The van der Waals surface area contributed by atoms with E-state index in [0.717, 1.165) is 0 Å². The summed E-state index contributed by atoms with van der Waals surface area (Å²) in [6, 6.07) is 0. The number of alkyl halides is 4. The van der Waals surface area contributed by atoms with Gasteiger partial charge >= 0.3 is 5.97 Å². The Morgan fingerprint density at radius 2 is 2.00 bits per heavy atom. The van der Waals surface area contributed by atoms with Gasteiger partial charge in [0, 0.05) is 0 Å². The number of hydrogen-bond donors (Lipinski definition) is 1. The van der Waals surface area contributed by atoms with Crippen molar-refractivity contribution in [2.75, 3.05) is 0 Å². The van der Waals surface area contributed by atoms with Gasteiger partial charge < -0.3 is 5.11 Å². The Balaban J connectivity index is 2.79. The minimum Gasteiger partial charge on any atom is -0.481 e. The molecular formula is C8H10Br2Cl2O2. The lowest BCUT2D eigenvalue weighted by Gasteiger charge is -2.19. The molecule has 1 rings (SSSR count). The van der Waals surface area contributed by atoms with E-state index < -0.39 is 20.0 Å². The van der Waals surface area contributed by atoms with E-state index in [1.807, 2.05) is 13.8 Å². The molecule has 1 N–H and O–H groups in total. The average Bonchev–Trinajstić information content (AvgIpc) is 2.49. The average molecular weight is 369 g/mol.